The van der Waals surface area contributed by atoms with Crippen LogP contribution in [0.5, 0.6) is 5.75 Å². The zero-order chi connectivity index (χ0) is 13.8. The molecule has 0 heterocycles. The first-order valence-electron chi connectivity index (χ1n) is 5.85. The highest BCUT2D eigenvalue weighted by Gasteiger charge is 2.10. The zero-order valence-electron chi connectivity index (χ0n) is 10.5. The van der Waals surface area contributed by atoms with Gasteiger partial charge in [0, 0.05) is 11.1 Å². The fourth-order valence-electron chi connectivity index (χ4n) is 1.77. The topological polar surface area (TPSA) is 52.3 Å². The lowest BCUT2D eigenvalue weighted by Crippen LogP contribution is -2.14. The minimum atomic E-state index is -0.524. The standard InChI is InChI=1S/C15H14FNO2/c1-10-5-4-8-13(14(10)16)19-9-11-6-2-3-7-12(11)15(17)18/h2-8H,9H2,1H3,(H2,17,18). The second-order valence-corrected chi connectivity index (χ2v) is 4.20. The molecular weight excluding hydrogens is 245 g/mol. The molecule has 0 unspecified atom stereocenters. The average Bonchev–Trinajstić information content (AvgIpc) is 2.40. The molecule has 3 nitrogen and oxygen atoms in total. The van der Waals surface area contributed by atoms with Gasteiger partial charge in [-0.05, 0) is 24.6 Å². The summed E-state index contributed by atoms with van der Waals surface area (Å²) in [4.78, 5) is 11.2. The number of hydrogen-bond acceptors (Lipinski definition) is 2. The van der Waals surface area contributed by atoms with Gasteiger partial charge in [-0.15, -0.1) is 0 Å². The first-order valence-corrected chi connectivity index (χ1v) is 5.85. The van der Waals surface area contributed by atoms with Gasteiger partial charge in [-0.1, -0.05) is 30.3 Å². The number of primary amides is 1. The number of rotatable bonds is 4. The molecule has 0 spiro atoms. The van der Waals surface area contributed by atoms with E-state index >= 15 is 0 Å². The maximum atomic E-state index is 13.7. The molecular formula is C15H14FNO2. The number of amides is 1. The van der Waals surface area contributed by atoms with E-state index in [1.54, 1.807) is 49.4 Å². The minimum absolute atomic E-state index is 0.0967. The van der Waals surface area contributed by atoms with Gasteiger partial charge < -0.3 is 10.5 Å². The Morgan fingerprint density at radius 2 is 1.95 bits per heavy atom. The number of nitrogens with two attached hydrogens (primary N) is 1. The van der Waals surface area contributed by atoms with Crippen LogP contribution >= 0.6 is 0 Å². The maximum absolute atomic E-state index is 13.7. The molecule has 0 saturated heterocycles. The van der Waals surface area contributed by atoms with Gasteiger partial charge in [0.1, 0.15) is 6.61 Å². The quantitative estimate of drug-likeness (QED) is 0.917. The Hall–Kier alpha value is -2.36. The third-order valence-electron chi connectivity index (χ3n) is 2.82. The van der Waals surface area contributed by atoms with Crippen LogP contribution in [-0.4, -0.2) is 5.91 Å². The normalized spacial score (nSPS) is 10.2. The van der Waals surface area contributed by atoms with Crippen LogP contribution in [0.3, 0.4) is 0 Å². The van der Waals surface area contributed by atoms with E-state index in [4.69, 9.17) is 10.5 Å². The van der Waals surface area contributed by atoms with E-state index in [0.29, 0.717) is 16.7 Å². The first kappa shape index (κ1) is 13.1. The summed E-state index contributed by atoms with van der Waals surface area (Å²) >= 11 is 0. The third kappa shape index (κ3) is 2.91. The molecule has 2 aromatic carbocycles. The molecule has 0 bridgehead atoms. The highest BCUT2D eigenvalue weighted by molar-refractivity contribution is 5.94. The number of carbonyl (C=O) groups is 1. The van der Waals surface area contributed by atoms with Crippen LogP contribution in [0.25, 0.3) is 0 Å². The molecule has 0 radical (unpaired) electrons. The Balaban J connectivity index is 2.19. The van der Waals surface area contributed by atoms with E-state index < -0.39 is 5.91 Å². The van der Waals surface area contributed by atoms with Crippen molar-refractivity contribution in [2.75, 3.05) is 0 Å². The second-order valence-electron chi connectivity index (χ2n) is 4.20. The van der Waals surface area contributed by atoms with E-state index in [1.165, 1.54) is 0 Å². The highest BCUT2D eigenvalue weighted by atomic mass is 19.1. The van der Waals surface area contributed by atoms with Crippen molar-refractivity contribution in [1.29, 1.82) is 0 Å². The van der Waals surface area contributed by atoms with Crippen molar-refractivity contribution in [3.63, 3.8) is 0 Å². The molecule has 2 N–H and O–H groups in total. The van der Waals surface area contributed by atoms with E-state index in [2.05, 4.69) is 0 Å². The van der Waals surface area contributed by atoms with Gasteiger partial charge in [0.15, 0.2) is 11.6 Å². The molecule has 1 amide bonds. The number of aryl methyl sites for hydroxylation is 1. The fourth-order valence-corrected chi connectivity index (χ4v) is 1.77. The van der Waals surface area contributed by atoms with Crippen LogP contribution in [-0.2, 0) is 6.61 Å². The van der Waals surface area contributed by atoms with Crippen molar-refractivity contribution in [3.8, 4) is 5.75 Å². The molecule has 0 aliphatic heterocycles. The van der Waals surface area contributed by atoms with Gasteiger partial charge in [-0.2, -0.15) is 0 Å². The molecule has 19 heavy (non-hydrogen) atoms. The predicted octanol–water partition coefficient (Wildman–Crippen LogP) is 2.81. The highest BCUT2D eigenvalue weighted by Crippen LogP contribution is 2.21. The van der Waals surface area contributed by atoms with Crippen molar-refractivity contribution < 1.29 is 13.9 Å². The predicted molar refractivity (Wildman–Crippen MR) is 70.4 cm³/mol. The van der Waals surface area contributed by atoms with Crippen molar-refractivity contribution in [1.82, 2.24) is 0 Å². The summed E-state index contributed by atoms with van der Waals surface area (Å²) in [5.41, 5.74) is 6.80. The van der Waals surface area contributed by atoms with Crippen molar-refractivity contribution in [3.05, 3.63) is 65.0 Å². The van der Waals surface area contributed by atoms with Crippen molar-refractivity contribution in [2.24, 2.45) is 5.73 Å². The van der Waals surface area contributed by atoms with E-state index in [-0.39, 0.29) is 18.2 Å². The summed E-state index contributed by atoms with van der Waals surface area (Å²) in [6.07, 6.45) is 0. The largest absolute Gasteiger partial charge is 0.486 e. The van der Waals surface area contributed by atoms with E-state index in [0.717, 1.165) is 0 Å². The Kier molecular flexibility index (Phi) is 3.80. The molecule has 2 rings (SSSR count). The Morgan fingerprint density at radius 1 is 1.21 bits per heavy atom. The Labute approximate surface area is 110 Å². The van der Waals surface area contributed by atoms with Gasteiger partial charge in [0.05, 0.1) is 0 Å². The first-order chi connectivity index (χ1) is 9.09. The monoisotopic (exact) mass is 259 g/mol. The summed E-state index contributed by atoms with van der Waals surface area (Å²) in [7, 11) is 0. The number of ether oxygens (including phenoxy) is 1. The average molecular weight is 259 g/mol. The molecule has 98 valence electrons. The zero-order valence-corrected chi connectivity index (χ0v) is 10.5. The van der Waals surface area contributed by atoms with Gasteiger partial charge in [0.2, 0.25) is 5.91 Å². The summed E-state index contributed by atoms with van der Waals surface area (Å²) in [6, 6.07) is 11.8. The molecule has 2 aromatic rings. The van der Waals surface area contributed by atoms with Crippen LogP contribution in [0, 0.1) is 12.7 Å². The van der Waals surface area contributed by atoms with Gasteiger partial charge in [-0.25, -0.2) is 4.39 Å². The van der Waals surface area contributed by atoms with Crippen LogP contribution in [0.1, 0.15) is 21.5 Å². The SMILES string of the molecule is Cc1cccc(OCc2ccccc2C(N)=O)c1F. The van der Waals surface area contributed by atoms with Crippen LogP contribution in [0.15, 0.2) is 42.5 Å². The molecule has 0 aliphatic carbocycles. The third-order valence-corrected chi connectivity index (χ3v) is 2.82. The van der Waals surface area contributed by atoms with Gasteiger partial charge in [-0.3, -0.25) is 4.79 Å². The van der Waals surface area contributed by atoms with Gasteiger partial charge in [0.25, 0.3) is 0 Å². The van der Waals surface area contributed by atoms with Crippen LogP contribution in [0.2, 0.25) is 0 Å². The van der Waals surface area contributed by atoms with Crippen LogP contribution < -0.4 is 10.5 Å². The molecule has 0 saturated carbocycles. The van der Waals surface area contributed by atoms with Gasteiger partial charge >= 0.3 is 0 Å². The van der Waals surface area contributed by atoms with E-state index in [1.807, 2.05) is 0 Å². The maximum Gasteiger partial charge on any atom is 0.249 e. The lowest BCUT2D eigenvalue weighted by Gasteiger charge is -2.10. The van der Waals surface area contributed by atoms with Crippen molar-refractivity contribution >= 4 is 5.91 Å². The van der Waals surface area contributed by atoms with Crippen LogP contribution in [0.4, 0.5) is 4.39 Å². The lowest BCUT2D eigenvalue weighted by atomic mass is 10.1. The number of hydrogen-bond donors (Lipinski definition) is 1. The molecule has 0 aromatic heterocycles. The van der Waals surface area contributed by atoms with E-state index in [9.17, 15) is 9.18 Å². The Morgan fingerprint density at radius 3 is 2.68 bits per heavy atom. The summed E-state index contributed by atoms with van der Waals surface area (Å²) in [6.45, 7) is 1.76. The fraction of sp³-hybridized carbons (Fsp3) is 0.133. The summed E-state index contributed by atoms with van der Waals surface area (Å²) in [5, 5.41) is 0. The van der Waals surface area contributed by atoms with Crippen molar-refractivity contribution in [2.45, 2.75) is 13.5 Å². The molecule has 0 aliphatic rings. The Bertz CT molecular complexity index is 611. The smallest absolute Gasteiger partial charge is 0.249 e. The lowest BCUT2D eigenvalue weighted by molar-refractivity contribution is 0.0998. The number of carbonyl (C=O) groups excluding carboxylic acids is 1. The number of halogens is 1. The molecule has 4 heteroatoms. The summed E-state index contributed by atoms with van der Waals surface area (Å²) in [5.74, 6) is -0.748. The molecule has 0 fully saturated rings. The molecule has 0 atom stereocenters. The minimum Gasteiger partial charge on any atom is -0.486 e. The number of benzene rings is 2. The second kappa shape index (κ2) is 5.52. The summed E-state index contributed by atoms with van der Waals surface area (Å²) < 4.78 is 19.2.